The van der Waals surface area contributed by atoms with Gasteiger partial charge in [-0.05, 0) is 91.3 Å². The number of carbonyl (C=O) groups is 1. The van der Waals surface area contributed by atoms with Crippen LogP contribution in [0, 0.1) is 35.9 Å². The molecular formula is C27H25FN2O2. The minimum Gasteiger partial charge on any atom is -0.385 e. The molecule has 3 aromatic rings. The second kappa shape index (κ2) is 8.44. The summed E-state index contributed by atoms with van der Waals surface area (Å²) >= 11 is 0. The SMILES string of the molecule is C#Cc1ccc(CC(=O)C(O)C2C[C@H]3CC(c4ccnc5ccc(F)cc45)C[C@H]3C2)nc1. The van der Waals surface area contributed by atoms with E-state index in [2.05, 4.69) is 15.9 Å². The van der Waals surface area contributed by atoms with E-state index >= 15 is 0 Å². The maximum absolute atomic E-state index is 13.8. The van der Waals surface area contributed by atoms with Gasteiger partial charge in [0.1, 0.15) is 11.9 Å². The van der Waals surface area contributed by atoms with Crippen molar-refractivity contribution in [2.75, 3.05) is 0 Å². The van der Waals surface area contributed by atoms with Gasteiger partial charge in [0.25, 0.3) is 0 Å². The quantitative estimate of drug-likeness (QED) is 0.610. The van der Waals surface area contributed by atoms with E-state index in [1.807, 2.05) is 6.07 Å². The normalized spacial score (nSPS) is 25.4. The van der Waals surface area contributed by atoms with Crippen LogP contribution in [0.2, 0.25) is 0 Å². The molecule has 0 saturated heterocycles. The van der Waals surface area contributed by atoms with Crippen molar-refractivity contribution >= 4 is 16.7 Å². The van der Waals surface area contributed by atoms with Crippen LogP contribution in [0.5, 0.6) is 0 Å². The Morgan fingerprint density at radius 3 is 2.59 bits per heavy atom. The number of carbonyl (C=O) groups excluding carboxylic acids is 1. The number of hydrogen-bond donors (Lipinski definition) is 1. The van der Waals surface area contributed by atoms with E-state index in [0.29, 0.717) is 29.0 Å². The molecule has 5 rings (SSSR count). The van der Waals surface area contributed by atoms with Gasteiger partial charge in [-0.15, -0.1) is 6.42 Å². The molecule has 2 fully saturated rings. The Kier molecular flexibility index (Phi) is 5.48. The Bertz CT molecular complexity index is 1190. The van der Waals surface area contributed by atoms with Gasteiger partial charge in [0.2, 0.25) is 0 Å². The molecule has 0 radical (unpaired) electrons. The van der Waals surface area contributed by atoms with Gasteiger partial charge in [0, 0.05) is 29.0 Å². The summed E-state index contributed by atoms with van der Waals surface area (Å²) in [4.78, 5) is 21.3. The van der Waals surface area contributed by atoms with Crippen molar-refractivity contribution in [3.8, 4) is 12.3 Å². The molecule has 1 N–H and O–H groups in total. The second-order valence-electron chi connectivity index (χ2n) is 9.25. The zero-order valence-corrected chi connectivity index (χ0v) is 17.7. The number of pyridine rings is 2. The van der Waals surface area contributed by atoms with E-state index in [0.717, 1.165) is 36.6 Å². The average Bonchev–Trinajstić information content (AvgIpc) is 3.38. The lowest BCUT2D eigenvalue weighted by atomic mass is 9.87. The Balaban J connectivity index is 1.23. The molecule has 0 aliphatic heterocycles. The molecule has 2 saturated carbocycles. The fourth-order valence-corrected chi connectivity index (χ4v) is 5.83. The zero-order valence-electron chi connectivity index (χ0n) is 17.7. The molecule has 32 heavy (non-hydrogen) atoms. The lowest BCUT2D eigenvalue weighted by Gasteiger charge is -2.20. The third-order valence-corrected chi connectivity index (χ3v) is 7.35. The number of halogens is 1. The number of fused-ring (bicyclic) bond motifs is 2. The largest absolute Gasteiger partial charge is 0.385 e. The van der Waals surface area contributed by atoms with E-state index in [1.54, 1.807) is 36.7 Å². The van der Waals surface area contributed by atoms with Crippen molar-refractivity contribution in [3.05, 3.63) is 71.4 Å². The van der Waals surface area contributed by atoms with Gasteiger partial charge in [-0.2, -0.15) is 0 Å². The van der Waals surface area contributed by atoms with Crippen LogP contribution in [0.1, 0.15) is 48.4 Å². The van der Waals surface area contributed by atoms with Gasteiger partial charge >= 0.3 is 0 Å². The molecule has 2 aliphatic carbocycles. The van der Waals surface area contributed by atoms with Crippen LogP contribution < -0.4 is 0 Å². The first kappa shape index (κ1) is 20.8. The molecule has 5 heteroatoms. The van der Waals surface area contributed by atoms with Crippen molar-refractivity contribution < 1.29 is 14.3 Å². The highest BCUT2D eigenvalue weighted by atomic mass is 19.1. The molecule has 0 bridgehead atoms. The Morgan fingerprint density at radius 1 is 1.12 bits per heavy atom. The molecule has 2 heterocycles. The molecule has 0 spiro atoms. The van der Waals surface area contributed by atoms with Crippen molar-refractivity contribution in [1.82, 2.24) is 9.97 Å². The molecule has 2 aromatic heterocycles. The van der Waals surface area contributed by atoms with Gasteiger partial charge < -0.3 is 5.11 Å². The third-order valence-electron chi connectivity index (χ3n) is 7.35. The van der Waals surface area contributed by atoms with E-state index in [-0.39, 0.29) is 23.9 Å². The van der Waals surface area contributed by atoms with Gasteiger partial charge in [-0.1, -0.05) is 5.92 Å². The number of nitrogens with zero attached hydrogens (tertiary/aromatic N) is 2. The summed E-state index contributed by atoms with van der Waals surface area (Å²) < 4.78 is 13.8. The van der Waals surface area contributed by atoms with Crippen LogP contribution in [0.25, 0.3) is 10.9 Å². The molecule has 3 unspecified atom stereocenters. The number of ketones is 1. The van der Waals surface area contributed by atoms with Crippen LogP contribution in [0.15, 0.2) is 48.8 Å². The van der Waals surface area contributed by atoms with Gasteiger partial charge in [-0.3, -0.25) is 14.8 Å². The first-order valence-electron chi connectivity index (χ1n) is 11.2. The minimum absolute atomic E-state index is 0.00457. The van der Waals surface area contributed by atoms with E-state index in [9.17, 15) is 14.3 Å². The number of rotatable bonds is 5. The molecule has 0 amide bonds. The standard InChI is InChI=1S/C27H25FN2O2/c1-2-16-3-5-22(30-15-16)14-26(31)27(32)20-11-17-9-19(10-18(17)12-20)23-7-8-29-25-6-4-21(28)13-24(23)25/h1,3-8,13,15,17-20,27,32H,9-12,14H2/t17-,18+,19?,20?,27?. The summed E-state index contributed by atoms with van der Waals surface area (Å²) in [6, 6.07) is 10.3. The number of Topliss-reactive ketones (excluding diaryl/α,β-unsaturated/α-hetero) is 1. The first-order valence-corrected chi connectivity index (χ1v) is 11.2. The number of terminal acetylenes is 1. The molecule has 4 nitrogen and oxygen atoms in total. The number of aliphatic hydroxyl groups is 1. The smallest absolute Gasteiger partial charge is 0.167 e. The lowest BCUT2D eigenvalue weighted by Crippen LogP contribution is -2.30. The van der Waals surface area contributed by atoms with Crippen LogP contribution in [0.4, 0.5) is 4.39 Å². The summed E-state index contributed by atoms with van der Waals surface area (Å²) in [5.74, 6) is 3.42. The van der Waals surface area contributed by atoms with Gasteiger partial charge in [0.05, 0.1) is 11.9 Å². The monoisotopic (exact) mass is 428 g/mol. The first-order chi connectivity index (χ1) is 15.5. The molecule has 2 aliphatic rings. The van der Waals surface area contributed by atoms with Crippen LogP contribution in [0.3, 0.4) is 0 Å². The van der Waals surface area contributed by atoms with Crippen LogP contribution >= 0.6 is 0 Å². The van der Waals surface area contributed by atoms with E-state index < -0.39 is 6.10 Å². The maximum atomic E-state index is 13.8. The highest BCUT2D eigenvalue weighted by Gasteiger charge is 2.45. The molecule has 5 atom stereocenters. The van der Waals surface area contributed by atoms with Crippen molar-refractivity contribution in [3.63, 3.8) is 0 Å². The van der Waals surface area contributed by atoms with Crippen molar-refractivity contribution in [2.45, 2.75) is 44.1 Å². The molecular weight excluding hydrogens is 403 g/mol. The Hall–Kier alpha value is -3.10. The fourth-order valence-electron chi connectivity index (χ4n) is 5.83. The molecule has 1 aromatic carbocycles. The van der Waals surface area contributed by atoms with Gasteiger partial charge in [-0.25, -0.2) is 4.39 Å². The summed E-state index contributed by atoms with van der Waals surface area (Å²) in [7, 11) is 0. The predicted octanol–water partition coefficient (Wildman–Crippen LogP) is 4.44. The van der Waals surface area contributed by atoms with Crippen LogP contribution in [-0.2, 0) is 11.2 Å². The highest BCUT2D eigenvalue weighted by Crippen LogP contribution is 2.53. The summed E-state index contributed by atoms with van der Waals surface area (Å²) in [6.07, 6.45) is 11.6. The van der Waals surface area contributed by atoms with Gasteiger partial charge in [0.15, 0.2) is 5.78 Å². The Morgan fingerprint density at radius 2 is 1.91 bits per heavy atom. The summed E-state index contributed by atoms with van der Waals surface area (Å²) in [5, 5.41) is 11.6. The Labute approximate surface area is 186 Å². The highest BCUT2D eigenvalue weighted by molar-refractivity contribution is 5.85. The second-order valence-corrected chi connectivity index (χ2v) is 9.25. The summed E-state index contributed by atoms with van der Waals surface area (Å²) in [5.41, 5.74) is 3.29. The minimum atomic E-state index is -0.955. The number of aromatic nitrogens is 2. The average molecular weight is 429 g/mol. The fraction of sp³-hybridized carbons (Fsp3) is 0.370. The number of benzene rings is 1. The topological polar surface area (TPSA) is 63.1 Å². The maximum Gasteiger partial charge on any atom is 0.167 e. The predicted molar refractivity (Wildman–Crippen MR) is 120 cm³/mol. The van der Waals surface area contributed by atoms with Crippen molar-refractivity contribution in [1.29, 1.82) is 0 Å². The number of hydrogen-bond acceptors (Lipinski definition) is 4. The third kappa shape index (κ3) is 3.91. The van der Waals surface area contributed by atoms with Crippen molar-refractivity contribution in [2.24, 2.45) is 17.8 Å². The van der Waals surface area contributed by atoms with E-state index in [4.69, 9.17) is 6.42 Å². The summed E-state index contributed by atoms with van der Waals surface area (Å²) in [6.45, 7) is 0. The number of aliphatic hydroxyl groups excluding tert-OH is 1. The lowest BCUT2D eigenvalue weighted by molar-refractivity contribution is -0.129. The zero-order chi connectivity index (χ0) is 22.2. The van der Waals surface area contributed by atoms with E-state index in [1.165, 1.54) is 11.6 Å². The molecule has 162 valence electrons. The van der Waals surface area contributed by atoms with Crippen LogP contribution in [-0.4, -0.2) is 27.0 Å².